The number of aromatic hydroxyl groups is 1. The van der Waals surface area contributed by atoms with Gasteiger partial charge in [-0.2, -0.15) is 0 Å². The van der Waals surface area contributed by atoms with Crippen LogP contribution in [0.1, 0.15) is 208 Å². The van der Waals surface area contributed by atoms with Gasteiger partial charge in [-0.25, -0.2) is 19.9 Å². The smallest absolute Gasteiger partial charge is 0.123 e. The van der Waals surface area contributed by atoms with Crippen molar-refractivity contribution in [1.29, 1.82) is 0 Å². The van der Waals surface area contributed by atoms with Gasteiger partial charge in [0.1, 0.15) is 51.7 Å². The van der Waals surface area contributed by atoms with Crippen LogP contribution >= 0.6 is 0 Å². The van der Waals surface area contributed by atoms with Gasteiger partial charge in [0.15, 0.2) is 0 Å². The molecule has 0 atom stereocenters. The van der Waals surface area contributed by atoms with E-state index in [4.69, 9.17) is 57.8 Å². The molecule has 0 fully saturated rings. The fraction of sp³-hybridized carbons (Fsp3) is 0.345. The Morgan fingerprint density at radius 3 is 0.639 bits per heavy atom. The summed E-state index contributed by atoms with van der Waals surface area (Å²) in [4.78, 5) is 38.9. The lowest BCUT2D eigenvalue weighted by atomic mass is 9.98. The van der Waals surface area contributed by atoms with E-state index in [0.29, 0.717) is 140 Å². The number of nitrogens with one attached hydrogen (secondary N) is 4. The third-order valence-electron chi connectivity index (χ3n) is 24.3. The molecule has 17 nitrogen and oxygen atoms in total. The van der Waals surface area contributed by atoms with Gasteiger partial charge < -0.3 is 62.9 Å². The first-order valence-corrected chi connectivity index (χ1v) is 48.1. The van der Waals surface area contributed by atoms with E-state index in [1.165, 1.54) is 0 Å². The van der Waals surface area contributed by atoms with Crippen LogP contribution in [-0.2, 0) is 0 Å². The number of rotatable bonds is 39. The Balaban J connectivity index is 0.971. The molecule has 133 heavy (non-hydrogen) atoms. The molecule has 4 aliphatic heterocycles. The molecule has 688 valence electrons. The van der Waals surface area contributed by atoms with E-state index in [-0.39, 0.29) is 5.75 Å². The molecule has 6 aromatic heterocycles. The summed E-state index contributed by atoms with van der Waals surface area (Å²) < 4.78 is 53.6. The molecule has 0 saturated carbocycles. The summed E-state index contributed by atoms with van der Waals surface area (Å²) in [6.07, 6.45) is 24.0. The number of aromatic nitrogens is 8. The van der Waals surface area contributed by atoms with Gasteiger partial charge in [0, 0.05) is 107 Å². The van der Waals surface area contributed by atoms with Gasteiger partial charge in [0.2, 0.25) is 0 Å². The number of benzene rings is 6. The quantitative estimate of drug-likeness (QED) is 0.0243. The molecule has 0 aliphatic carbocycles. The molecule has 6 aromatic carbocycles. The average Bonchev–Trinajstić information content (AvgIpc) is 1.61. The largest absolute Gasteiger partial charge is 0.508 e. The Morgan fingerprint density at radius 1 is 0.211 bits per heavy atom. The molecule has 16 rings (SSSR count). The van der Waals surface area contributed by atoms with Gasteiger partial charge in [0.25, 0.3) is 0 Å². The van der Waals surface area contributed by atoms with Gasteiger partial charge in [-0.05, 0) is 302 Å². The van der Waals surface area contributed by atoms with Crippen LogP contribution in [0.2, 0.25) is 0 Å². The molecule has 4 aliphatic rings. The number of phenolic OH excluding ortho intramolecular Hbond substituents is 1. The van der Waals surface area contributed by atoms with Crippen LogP contribution in [0.4, 0.5) is 0 Å². The first-order valence-electron chi connectivity index (χ1n) is 48.1. The van der Waals surface area contributed by atoms with Crippen LogP contribution < -0.4 is 37.9 Å². The molecular formula is C116H130N8O9. The van der Waals surface area contributed by atoms with Crippen molar-refractivity contribution in [2.75, 3.05) is 52.9 Å². The number of hydrogen-bond donors (Lipinski definition) is 5. The molecule has 12 aromatic rings. The second-order valence-corrected chi connectivity index (χ2v) is 39.0. The predicted octanol–water partition coefficient (Wildman–Crippen LogP) is 30.4. The molecule has 10 heterocycles. The second kappa shape index (κ2) is 42.5. The third-order valence-corrected chi connectivity index (χ3v) is 24.3. The molecular weight excluding hydrogens is 1650 g/mol. The van der Waals surface area contributed by atoms with Crippen molar-refractivity contribution in [3.05, 3.63) is 221 Å². The Bertz CT molecular complexity index is 6370. The molecule has 16 bridgehead atoms. The van der Waals surface area contributed by atoms with Crippen molar-refractivity contribution < 1.29 is 43.0 Å². The summed E-state index contributed by atoms with van der Waals surface area (Å²) in [5.74, 6) is 9.35. The summed E-state index contributed by atoms with van der Waals surface area (Å²) in [6, 6.07) is 60.5. The molecule has 5 N–H and O–H groups in total. The first-order chi connectivity index (χ1) is 64.3. The molecule has 0 saturated heterocycles. The number of ether oxygens (including phenoxy) is 8. The van der Waals surface area contributed by atoms with E-state index in [1.807, 2.05) is 36.4 Å². The maximum atomic E-state index is 10.9. The van der Waals surface area contributed by atoms with Crippen molar-refractivity contribution in [2.24, 2.45) is 47.3 Å². The number of aromatic amines is 4. The van der Waals surface area contributed by atoms with Crippen molar-refractivity contribution in [3.63, 3.8) is 0 Å². The Morgan fingerprint density at radius 2 is 0.406 bits per heavy atom. The van der Waals surface area contributed by atoms with Crippen LogP contribution in [0.15, 0.2) is 176 Å². The predicted molar refractivity (Wildman–Crippen MR) is 551 cm³/mol. The van der Waals surface area contributed by atoms with Crippen molar-refractivity contribution >= 4 is 92.7 Å². The zero-order valence-electron chi connectivity index (χ0n) is 80.3. The lowest BCUT2D eigenvalue weighted by Crippen LogP contribution is -2.04. The minimum atomic E-state index is 0.156. The lowest BCUT2D eigenvalue weighted by Gasteiger charge is -2.15. The maximum absolute atomic E-state index is 10.9. The van der Waals surface area contributed by atoms with Crippen LogP contribution in [-0.4, -0.2) is 97.8 Å². The van der Waals surface area contributed by atoms with E-state index >= 15 is 0 Å². The Hall–Kier alpha value is -13.3. The molecule has 0 amide bonds. The summed E-state index contributed by atoms with van der Waals surface area (Å²) in [5.41, 5.74) is 24.6. The normalized spacial score (nSPS) is 12.4. The molecule has 0 radical (unpaired) electrons. The highest BCUT2D eigenvalue weighted by Crippen LogP contribution is 2.46. The zero-order chi connectivity index (χ0) is 92.9. The summed E-state index contributed by atoms with van der Waals surface area (Å²) in [5, 5.41) is 10.9. The third kappa shape index (κ3) is 23.4. The Kier molecular flexibility index (Phi) is 29.7. The fourth-order valence-corrected chi connectivity index (χ4v) is 16.7. The standard InChI is InChI=1S/C116H130N8O9/c1-70(2)41-49-126-88-57-81(58-89(66-88)127-50-42-71(3)4)113-96-27-23-85(117-96)65-86-24-28-97(118-86)114(82-59-90(128-51-43-72(5)6)67-91(60-82)129-52-44-73(7)8)105-36-30-99(120-105)110(98-29-35-104(113)119-98)78-17-19-79(20-18-78)111-100-31-37-106(121-100)115(83-61-92(130-53-45-74(9)10)68-93(62-83)131-54-46-75(11)12)108-39-33-102(123-108)112(80-21-25-87(125)26-22-80)103-34-40-109(124-103)116(107-38-32-101(111)122-107)84-63-94(132-55-47-76(13)14)69-95(64-84)133-56-48-77(15)16/h17-40,57-77,117,120-121,124-125H,41-56H2,1-16H3. The maximum Gasteiger partial charge on any atom is 0.123 e. The monoisotopic (exact) mass is 1780 g/mol. The number of H-pyrrole nitrogens is 4. The zero-order valence-corrected chi connectivity index (χ0v) is 80.3. The van der Waals surface area contributed by atoms with Crippen molar-refractivity contribution in [1.82, 2.24) is 39.9 Å². The molecule has 0 unspecified atom stereocenters. The van der Waals surface area contributed by atoms with Crippen molar-refractivity contribution in [2.45, 2.75) is 162 Å². The summed E-state index contributed by atoms with van der Waals surface area (Å²) >= 11 is 0. The van der Waals surface area contributed by atoms with Gasteiger partial charge in [-0.1, -0.05) is 147 Å². The van der Waals surface area contributed by atoms with E-state index in [9.17, 15) is 5.11 Å². The Labute approximate surface area is 784 Å². The number of phenols is 1. The van der Waals surface area contributed by atoms with Gasteiger partial charge in [0.05, 0.1) is 98.4 Å². The SMILES string of the molecule is CC(C)CCOc1cc(OCCC(C)C)cc(-c2c3nc(c(-c4ccc(-c5c6nc(c(-c7cc(OCCC(C)C)cc(OCCC(C)C)c7)c7ccc([nH]7)c(-c7ccc(O)cc7)c7nc(c(-c8cc(OCCC(C)C)cc(OCCC(C)C)c8)c8ccc5[nH]8)C=C7)C=C6)cc4)c4ccc([nH]4)c(-c4cc(OCCC(C)C)cc(OCCC(C)C)c4)c4nc(cc5ccc2[nH]5)C=C4)C=C3)c1. The molecule has 0 spiro atoms. The highest BCUT2D eigenvalue weighted by molar-refractivity contribution is 6.03. The summed E-state index contributed by atoms with van der Waals surface area (Å²) in [7, 11) is 0. The van der Waals surface area contributed by atoms with E-state index in [1.54, 1.807) is 12.1 Å². The number of fused-ring (bicyclic) bond motifs is 16. The minimum absolute atomic E-state index is 0.156. The molecule has 17 heteroatoms. The summed E-state index contributed by atoms with van der Waals surface area (Å²) in [6.45, 7) is 39.8. The average molecular weight is 1780 g/mol. The highest BCUT2D eigenvalue weighted by atomic mass is 16.5. The van der Waals surface area contributed by atoms with Gasteiger partial charge in [-0.15, -0.1) is 0 Å². The minimum Gasteiger partial charge on any atom is -0.508 e. The first kappa shape index (κ1) is 93.0. The van der Waals surface area contributed by atoms with E-state index in [0.717, 1.165) is 225 Å². The van der Waals surface area contributed by atoms with Gasteiger partial charge in [-0.3, -0.25) is 0 Å². The van der Waals surface area contributed by atoms with Crippen LogP contribution in [0.5, 0.6) is 51.7 Å². The topological polar surface area (TPSA) is 209 Å². The van der Waals surface area contributed by atoms with Crippen LogP contribution in [0.25, 0.3) is 171 Å². The second-order valence-electron chi connectivity index (χ2n) is 39.0. The van der Waals surface area contributed by atoms with E-state index in [2.05, 4.69) is 307 Å². The van der Waals surface area contributed by atoms with Crippen LogP contribution in [0.3, 0.4) is 0 Å². The fourth-order valence-electron chi connectivity index (χ4n) is 16.7. The van der Waals surface area contributed by atoms with Crippen molar-refractivity contribution in [3.8, 4) is 130 Å². The van der Waals surface area contributed by atoms with Crippen LogP contribution in [0, 0.1) is 47.3 Å². The van der Waals surface area contributed by atoms with Gasteiger partial charge >= 0.3 is 0 Å². The number of hydrogen-bond acceptors (Lipinski definition) is 13. The lowest BCUT2D eigenvalue weighted by molar-refractivity contribution is 0.276. The number of nitrogens with zero attached hydrogens (tertiary/aromatic N) is 4. The van der Waals surface area contributed by atoms with E-state index < -0.39 is 0 Å². The highest BCUT2D eigenvalue weighted by Gasteiger charge is 2.26.